The Morgan fingerprint density at radius 3 is 1.35 bits per heavy atom. The van der Waals surface area contributed by atoms with Gasteiger partial charge in [0.05, 0.1) is 31.2 Å². The van der Waals surface area contributed by atoms with Gasteiger partial charge in [0.25, 0.3) is 11.8 Å². The van der Waals surface area contributed by atoms with Crippen molar-refractivity contribution in [2.75, 3.05) is 0 Å². The topological polar surface area (TPSA) is 57.6 Å². The van der Waals surface area contributed by atoms with Crippen molar-refractivity contribution >= 4 is 110 Å². The fourth-order valence-electron chi connectivity index (χ4n) is 1.34. The van der Waals surface area contributed by atoms with Gasteiger partial charge in [-0.25, -0.2) is 0 Å². The molecule has 0 spiro atoms. The normalized spacial score (nSPS) is 13.8. The quantitative estimate of drug-likeness (QED) is 0.260. The van der Waals surface area contributed by atoms with E-state index in [0.717, 1.165) is 0 Å². The molecule has 1 heterocycles. The standard InChI is InChI=1S/C8HCl4NO3.K.H/c9-3-1-2(4(10)6(12)5(3)11)8(15)13(16)7(1)14;;/h16H;;. The third kappa shape index (κ3) is 2.31. The molecule has 0 fully saturated rings. The predicted octanol–water partition coefficient (Wildman–Crippen LogP) is 2.64. The van der Waals surface area contributed by atoms with Gasteiger partial charge in [0, 0.05) is 0 Å². The molecule has 4 nitrogen and oxygen atoms in total. The van der Waals surface area contributed by atoms with Crippen LogP contribution in [0.5, 0.6) is 0 Å². The second kappa shape index (κ2) is 5.62. The van der Waals surface area contributed by atoms with E-state index < -0.39 is 11.8 Å². The van der Waals surface area contributed by atoms with Crippen molar-refractivity contribution in [1.29, 1.82) is 0 Å². The van der Waals surface area contributed by atoms with Crippen LogP contribution in [0.2, 0.25) is 20.1 Å². The third-order valence-electron chi connectivity index (χ3n) is 2.08. The number of benzene rings is 1. The van der Waals surface area contributed by atoms with Crippen molar-refractivity contribution in [1.82, 2.24) is 5.06 Å². The van der Waals surface area contributed by atoms with E-state index >= 15 is 0 Å². The summed E-state index contributed by atoms with van der Waals surface area (Å²) in [7, 11) is 0. The van der Waals surface area contributed by atoms with Crippen LogP contribution in [0.25, 0.3) is 0 Å². The Bertz CT molecular complexity index is 501. The first-order valence-electron chi connectivity index (χ1n) is 3.81. The average molecular weight is 341 g/mol. The van der Waals surface area contributed by atoms with E-state index in [1.165, 1.54) is 0 Å². The number of imide groups is 1. The van der Waals surface area contributed by atoms with Crippen LogP contribution in [0.4, 0.5) is 0 Å². The van der Waals surface area contributed by atoms with E-state index in [2.05, 4.69) is 0 Å². The maximum atomic E-state index is 11.5. The van der Waals surface area contributed by atoms with E-state index in [1.54, 1.807) is 0 Å². The third-order valence-corrected chi connectivity index (χ3v) is 3.88. The van der Waals surface area contributed by atoms with E-state index in [-0.39, 0.29) is 87.7 Å². The average Bonchev–Trinajstić information content (AvgIpc) is 2.48. The van der Waals surface area contributed by atoms with Gasteiger partial charge in [0.2, 0.25) is 0 Å². The summed E-state index contributed by atoms with van der Waals surface area (Å²) in [4.78, 5) is 22.9. The molecule has 1 N–H and O–H groups in total. The Balaban J connectivity index is 0.00000144. The summed E-state index contributed by atoms with van der Waals surface area (Å²) in [5, 5.41) is 8.37. The van der Waals surface area contributed by atoms with Gasteiger partial charge in [-0.2, -0.15) is 0 Å². The molecule has 1 aromatic rings. The summed E-state index contributed by atoms with van der Waals surface area (Å²) < 4.78 is 0. The molecule has 86 valence electrons. The number of fused-ring (bicyclic) bond motifs is 1. The van der Waals surface area contributed by atoms with Crippen LogP contribution in [0.3, 0.4) is 0 Å². The summed E-state index contributed by atoms with van der Waals surface area (Å²) in [5.74, 6) is -1.96. The van der Waals surface area contributed by atoms with Crippen molar-refractivity contribution in [3.05, 3.63) is 31.2 Å². The van der Waals surface area contributed by atoms with Gasteiger partial charge in [0.1, 0.15) is 0 Å². The molecular weight excluding hydrogens is 339 g/mol. The summed E-state index contributed by atoms with van der Waals surface area (Å²) in [6.07, 6.45) is 0. The molecule has 0 atom stereocenters. The minimum absolute atomic E-state index is 0. The Morgan fingerprint density at radius 1 is 0.765 bits per heavy atom. The van der Waals surface area contributed by atoms with Crippen LogP contribution in [0, 0.1) is 0 Å². The van der Waals surface area contributed by atoms with Crippen molar-refractivity contribution in [3.8, 4) is 0 Å². The summed E-state index contributed by atoms with van der Waals surface area (Å²) in [6.45, 7) is 0. The Hall–Kier alpha value is 1.12. The van der Waals surface area contributed by atoms with E-state index in [0.29, 0.717) is 0 Å². The zero-order chi connectivity index (χ0) is 12.2. The van der Waals surface area contributed by atoms with Crippen LogP contribution < -0.4 is 0 Å². The SMILES string of the molecule is O=C1c2c(Cl)c(Cl)c(Cl)c(Cl)c2C(=O)N1O.[KH]. The van der Waals surface area contributed by atoms with Crippen molar-refractivity contribution in [3.63, 3.8) is 0 Å². The number of hydrogen-bond acceptors (Lipinski definition) is 3. The molecule has 1 aromatic carbocycles. The van der Waals surface area contributed by atoms with Gasteiger partial charge in [-0.05, 0) is 0 Å². The number of rotatable bonds is 0. The first-order chi connectivity index (χ1) is 7.37. The molecule has 0 unspecified atom stereocenters. The number of carbonyl (C=O) groups is 2. The van der Waals surface area contributed by atoms with Crippen LogP contribution in [-0.2, 0) is 0 Å². The molecule has 9 heteroatoms. The Morgan fingerprint density at radius 2 is 1.06 bits per heavy atom. The molecule has 1 aliphatic rings. The zero-order valence-electron chi connectivity index (χ0n) is 7.22. The van der Waals surface area contributed by atoms with Crippen LogP contribution in [-0.4, -0.2) is 73.5 Å². The van der Waals surface area contributed by atoms with Crippen LogP contribution in [0.15, 0.2) is 0 Å². The van der Waals surface area contributed by atoms with Gasteiger partial charge in [-0.15, -0.1) is 5.06 Å². The number of hydroxylamine groups is 2. The number of halogens is 4. The zero-order valence-corrected chi connectivity index (χ0v) is 10.2. The van der Waals surface area contributed by atoms with Gasteiger partial charge in [-0.1, -0.05) is 46.4 Å². The van der Waals surface area contributed by atoms with E-state index in [1.807, 2.05) is 0 Å². The van der Waals surface area contributed by atoms with Crippen LogP contribution in [0.1, 0.15) is 20.7 Å². The summed E-state index contributed by atoms with van der Waals surface area (Å²) >= 11 is 22.9. The summed E-state index contributed by atoms with van der Waals surface area (Å²) in [5.41, 5.74) is -0.484. The predicted molar refractivity (Wildman–Crippen MR) is 65.9 cm³/mol. The van der Waals surface area contributed by atoms with E-state index in [9.17, 15) is 9.59 Å². The number of amides is 2. The number of carbonyl (C=O) groups excluding carboxylic acids is 2. The molecule has 0 radical (unpaired) electrons. The molecule has 0 saturated heterocycles. The Labute approximate surface area is 158 Å². The van der Waals surface area contributed by atoms with Crippen molar-refractivity contribution in [2.24, 2.45) is 0 Å². The molecule has 2 amide bonds. The molecular formula is C8H2Cl4KNO3. The van der Waals surface area contributed by atoms with Gasteiger partial charge in [0.15, 0.2) is 0 Å². The van der Waals surface area contributed by atoms with Gasteiger partial charge < -0.3 is 0 Å². The Kier molecular flexibility index (Phi) is 5.35. The summed E-state index contributed by atoms with van der Waals surface area (Å²) in [6, 6.07) is 0. The molecule has 0 bridgehead atoms. The molecule has 2 rings (SSSR count). The van der Waals surface area contributed by atoms with Crippen molar-refractivity contribution in [2.45, 2.75) is 0 Å². The number of nitrogens with zero attached hydrogens (tertiary/aromatic N) is 1. The molecule has 17 heavy (non-hydrogen) atoms. The van der Waals surface area contributed by atoms with Gasteiger partial charge in [-0.3, -0.25) is 14.8 Å². The molecule has 0 saturated carbocycles. The number of hydrogen-bond donors (Lipinski definition) is 1. The second-order valence-electron chi connectivity index (χ2n) is 2.93. The molecule has 1 aliphatic heterocycles. The van der Waals surface area contributed by atoms with E-state index in [4.69, 9.17) is 51.6 Å². The fourth-order valence-corrected chi connectivity index (χ4v) is 2.35. The maximum absolute atomic E-state index is 11.5. The van der Waals surface area contributed by atoms with Crippen LogP contribution >= 0.6 is 46.4 Å². The first-order valence-corrected chi connectivity index (χ1v) is 5.32. The first kappa shape index (κ1) is 16.2. The monoisotopic (exact) mass is 339 g/mol. The van der Waals surface area contributed by atoms with Gasteiger partial charge >= 0.3 is 51.4 Å². The van der Waals surface area contributed by atoms with Crippen molar-refractivity contribution < 1.29 is 14.8 Å². The molecule has 0 aliphatic carbocycles. The minimum atomic E-state index is -0.981. The second-order valence-corrected chi connectivity index (χ2v) is 4.44. The fraction of sp³-hybridized carbons (Fsp3) is 0. The molecule has 0 aromatic heterocycles.